The third-order valence-electron chi connectivity index (χ3n) is 5.96. The first-order valence-corrected chi connectivity index (χ1v) is 9.30. The second-order valence-electron chi connectivity index (χ2n) is 7.55. The van der Waals surface area contributed by atoms with Gasteiger partial charge in [0, 0.05) is 26.1 Å². The lowest BCUT2D eigenvalue weighted by Gasteiger charge is -2.36. The molecule has 0 bridgehead atoms. The van der Waals surface area contributed by atoms with Gasteiger partial charge in [0.25, 0.3) is 0 Å². The Labute approximate surface area is 156 Å². The van der Waals surface area contributed by atoms with Crippen LogP contribution in [0.2, 0.25) is 0 Å². The number of halogens is 1. The molecule has 3 fully saturated rings. The Morgan fingerprint density at radius 2 is 1.89 bits per heavy atom. The van der Waals surface area contributed by atoms with E-state index in [-0.39, 0.29) is 24.1 Å². The molecule has 2 heterocycles. The summed E-state index contributed by atoms with van der Waals surface area (Å²) in [6, 6.07) is 4.64. The van der Waals surface area contributed by atoms with Crippen LogP contribution in [-0.4, -0.2) is 47.5 Å². The molecule has 0 radical (unpaired) electrons. The highest BCUT2D eigenvalue weighted by Gasteiger charge is 2.53. The standard InChI is InChI=1S/C19H22FN3O4/c20-14-11-13(19(6-7-19)23-10-5-16(24)21-18(23)27)1-2-15(14)22-8-3-12(4-9-22)17(25)26/h1-2,11-12H,3-10H2,(H,25,26)(H,21,24,27). The molecule has 0 atom stereocenters. The molecule has 7 nitrogen and oxygen atoms in total. The van der Waals surface area contributed by atoms with Crippen molar-refractivity contribution in [3.05, 3.63) is 29.6 Å². The Morgan fingerprint density at radius 3 is 2.44 bits per heavy atom. The van der Waals surface area contributed by atoms with Crippen LogP contribution < -0.4 is 10.2 Å². The highest BCUT2D eigenvalue weighted by molar-refractivity contribution is 5.97. The van der Waals surface area contributed by atoms with Crippen LogP contribution >= 0.6 is 0 Å². The van der Waals surface area contributed by atoms with Crippen LogP contribution in [0.5, 0.6) is 0 Å². The zero-order chi connectivity index (χ0) is 19.2. The minimum absolute atomic E-state index is 0.257. The molecule has 8 heteroatoms. The van der Waals surface area contributed by atoms with Gasteiger partial charge in [-0.3, -0.25) is 14.9 Å². The molecule has 2 aliphatic heterocycles. The summed E-state index contributed by atoms with van der Waals surface area (Å²) in [5, 5.41) is 11.4. The van der Waals surface area contributed by atoms with Gasteiger partial charge in [-0.2, -0.15) is 0 Å². The molecule has 1 aromatic rings. The third kappa shape index (κ3) is 3.13. The van der Waals surface area contributed by atoms with Crippen LogP contribution in [0, 0.1) is 11.7 Å². The van der Waals surface area contributed by atoms with Gasteiger partial charge in [-0.15, -0.1) is 0 Å². The predicted molar refractivity (Wildman–Crippen MR) is 94.7 cm³/mol. The number of amides is 3. The number of imide groups is 1. The Balaban J connectivity index is 1.52. The Morgan fingerprint density at radius 1 is 1.19 bits per heavy atom. The normalized spacial score (nSPS) is 22.6. The summed E-state index contributed by atoms with van der Waals surface area (Å²) in [6.45, 7) is 1.36. The molecule has 1 aromatic carbocycles. The number of carbonyl (C=O) groups is 3. The molecule has 1 saturated carbocycles. The molecule has 2 saturated heterocycles. The van der Waals surface area contributed by atoms with Gasteiger partial charge in [0.1, 0.15) is 5.82 Å². The van der Waals surface area contributed by atoms with E-state index in [9.17, 15) is 18.8 Å². The van der Waals surface area contributed by atoms with Crippen LogP contribution in [0.1, 0.15) is 37.7 Å². The summed E-state index contributed by atoms with van der Waals surface area (Å²) in [5.74, 6) is -1.79. The number of hydrogen-bond acceptors (Lipinski definition) is 4. The fourth-order valence-corrected chi connectivity index (χ4v) is 4.23. The fraction of sp³-hybridized carbons (Fsp3) is 0.526. The summed E-state index contributed by atoms with van der Waals surface area (Å²) in [7, 11) is 0. The Bertz CT molecular complexity index is 800. The highest BCUT2D eigenvalue weighted by Crippen LogP contribution is 2.52. The minimum Gasteiger partial charge on any atom is -0.481 e. The van der Waals surface area contributed by atoms with E-state index in [1.165, 1.54) is 6.07 Å². The second kappa shape index (κ2) is 6.51. The van der Waals surface area contributed by atoms with E-state index in [4.69, 9.17) is 5.11 Å². The van der Waals surface area contributed by atoms with Gasteiger partial charge in [0.05, 0.1) is 17.1 Å². The van der Waals surface area contributed by atoms with Crippen molar-refractivity contribution in [3.63, 3.8) is 0 Å². The lowest BCUT2D eigenvalue weighted by Crippen LogP contribution is -2.53. The number of anilines is 1. The third-order valence-corrected chi connectivity index (χ3v) is 5.96. The quantitative estimate of drug-likeness (QED) is 0.841. The van der Waals surface area contributed by atoms with E-state index >= 15 is 0 Å². The van der Waals surface area contributed by atoms with E-state index in [1.807, 2.05) is 11.0 Å². The fourth-order valence-electron chi connectivity index (χ4n) is 4.23. The summed E-state index contributed by atoms with van der Waals surface area (Å²) >= 11 is 0. The van der Waals surface area contributed by atoms with Crippen LogP contribution in [0.3, 0.4) is 0 Å². The highest BCUT2D eigenvalue weighted by atomic mass is 19.1. The van der Waals surface area contributed by atoms with Crippen molar-refractivity contribution in [2.24, 2.45) is 5.92 Å². The average Bonchev–Trinajstić information content (AvgIpc) is 3.43. The predicted octanol–water partition coefficient (Wildman–Crippen LogP) is 2.06. The first-order valence-electron chi connectivity index (χ1n) is 9.30. The molecule has 4 rings (SSSR count). The maximum atomic E-state index is 14.8. The van der Waals surface area contributed by atoms with Gasteiger partial charge in [0.2, 0.25) is 5.91 Å². The number of nitrogens with one attached hydrogen (secondary N) is 1. The topological polar surface area (TPSA) is 90.0 Å². The van der Waals surface area contributed by atoms with Gasteiger partial charge in [-0.05, 0) is 43.4 Å². The summed E-state index contributed by atoms with van der Waals surface area (Å²) in [5.41, 5.74) is 0.686. The van der Waals surface area contributed by atoms with Crippen molar-refractivity contribution >= 4 is 23.6 Å². The lowest BCUT2D eigenvalue weighted by molar-refractivity contribution is -0.142. The zero-order valence-electron chi connectivity index (χ0n) is 14.9. The minimum atomic E-state index is -0.792. The number of carboxylic acids is 1. The molecule has 0 spiro atoms. The average molecular weight is 375 g/mol. The number of nitrogens with zero attached hydrogens (tertiary/aromatic N) is 2. The van der Waals surface area contributed by atoms with E-state index in [0.717, 1.165) is 18.4 Å². The smallest absolute Gasteiger partial charge is 0.324 e. The first kappa shape index (κ1) is 17.8. The maximum absolute atomic E-state index is 14.8. The number of urea groups is 1. The largest absolute Gasteiger partial charge is 0.481 e. The van der Waals surface area contributed by atoms with Crippen molar-refractivity contribution in [1.29, 1.82) is 0 Å². The first-order chi connectivity index (χ1) is 12.9. The molecule has 3 aliphatic rings. The summed E-state index contributed by atoms with van der Waals surface area (Å²) < 4.78 is 14.8. The van der Waals surface area contributed by atoms with Crippen molar-refractivity contribution in [3.8, 4) is 0 Å². The number of aliphatic carboxylic acids is 1. The zero-order valence-corrected chi connectivity index (χ0v) is 14.9. The number of carbonyl (C=O) groups excluding carboxylic acids is 2. The van der Waals surface area contributed by atoms with Crippen molar-refractivity contribution < 1.29 is 23.9 Å². The molecule has 27 heavy (non-hydrogen) atoms. The molecule has 1 aliphatic carbocycles. The SMILES string of the molecule is O=C1CCN(C2(c3ccc(N4CCC(C(=O)O)CC4)c(F)c3)CC2)C(=O)N1. The van der Waals surface area contributed by atoms with Crippen LogP contribution in [-0.2, 0) is 15.1 Å². The van der Waals surface area contributed by atoms with Crippen molar-refractivity contribution in [2.75, 3.05) is 24.5 Å². The second-order valence-corrected chi connectivity index (χ2v) is 7.55. The number of benzene rings is 1. The van der Waals surface area contributed by atoms with Gasteiger partial charge in [-0.1, -0.05) is 6.07 Å². The van der Waals surface area contributed by atoms with E-state index in [2.05, 4.69) is 5.32 Å². The Kier molecular flexibility index (Phi) is 4.28. The van der Waals surface area contributed by atoms with Crippen molar-refractivity contribution in [1.82, 2.24) is 10.2 Å². The summed E-state index contributed by atoms with van der Waals surface area (Å²) in [6.07, 6.45) is 2.76. The molecular weight excluding hydrogens is 353 g/mol. The van der Waals surface area contributed by atoms with E-state index in [0.29, 0.717) is 38.2 Å². The van der Waals surface area contributed by atoms with E-state index < -0.39 is 17.5 Å². The van der Waals surface area contributed by atoms with E-state index in [1.54, 1.807) is 11.0 Å². The number of hydrogen-bond donors (Lipinski definition) is 2. The number of rotatable bonds is 4. The van der Waals surface area contributed by atoms with Crippen LogP contribution in [0.25, 0.3) is 0 Å². The van der Waals surface area contributed by atoms with Gasteiger partial charge >= 0.3 is 12.0 Å². The maximum Gasteiger partial charge on any atom is 0.324 e. The molecule has 144 valence electrons. The van der Waals surface area contributed by atoms with Crippen LogP contribution in [0.15, 0.2) is 18.2 Å². The Hall–Kier alpha value is -2.64. The number of piperidine rings is 1. The molecule has 0 unspecified atom stereocenters. The van der Waals surface area contributed by atoms with Crippen LogP contribution in [0.4, 0.5) is 14.9 Å². The number of carboxylic acid groups (broad SMARTS) is 1. The lowest BCUT2D eigenvalue weighted by atomic mass is 9.96. The summed E-state index contributed by atoms with van der Waals surface area (Å²) in [4.78, 5) is 38.2. The molecule has 2 N–H and O–H groups in total. The van der Waals surface area contributed by atoms with Gasteiger partial charge in [0.15, 0.2) is 0 Å². The van der Waals surface area contributed by atoms with Gasteiger partial charge < -0.3 is 14.9 Å². The van der Waals surface area contributed by atoms with Crippen molar-refractivity contribution in [2.45, 2.75) is 37.6 Å². The molecule has 0 aromatic heterocycles. The molecular formula is C19H22FN3O4. The van der Waals surface area contributed by atoms with Gasteiger partial charge in [-0.25, -0.2) is 9.18 Å². The molecule has 3 amide bonds. The monoisotopic (exact) mass is 375 g/mol.